The van der Waals surface area contributed by atoms with Crippen molar-refractivity contribution >= 4 is 11.0 Å². The Bertz CT molecular complexity index is 1280. The lowest BCUT2D eigenvalue weighted by atomic mass is 9.92. The Morgan fingerprint density at radius 3 is 2.36 bits per heavy atom. The van der Waals surface area contributed by atoms with Crippen molar-refractivity contribution < 1.29 is 68.6 Å². The first-order chi connectivity index (χ1) is 19.8. The maximum absolute atomic E-state index is 12.0. The molecule has 0 spiro atoms. The number of fused-ring (bicyclic) bond motifs is 1. The number of hydrogen-bond acceptors (Lipinski definition) is 15. The Hall–Kier alpha value is -2.41. The predicted molar refractivity (Wildman–Crippen MR) is 141 cm³/mol. The van der Waals surface area contributed by atoms with Crippen LogP contribution in [0.25, 0.3) is 11.0 Å². The van der Waals surface area contributed by atoms with Crippen LogP contribution < -0.4 is 15.1 Å². The summed E-state index contributed by atoms with van der Waals surface area (Å²) in [5, 5.41) is 72.9. The third kappa shape index (κ3) is 6.27. The van der Waals surface area contributed by atoms with E-state index in [1.54, 1.807) is 6.07 Å². The standard InChI is InChI=1S/C27H38O15/c1-26(2,17(29)7-13-15(37-4)8-14(36-3)12-5-6-18(30)41-22(12)13)42-24-21(33)20(32)19(31)16(40-24)9-38-25-23(34)27(35,10-28)11-39-25/h5-6,8,16-17,19-21,23-25,28-29,31-35H,7,9-11H2,1-4H3/t16-,17+,19-,20+,21-,23+,24+,25-,27-/m1/s1. The molecular formula is C27H38O15. The van der Waals surface area contributed by atoms with E-state index < -0.39 is 85.9 Å². The van der Waals surface area contributed by atoms with Crippen LogP contribution in [-0.2, 0) is 25.4 Å². The van der Waals surface area contributed by atoms with Crippen molar-refractivity contribution in [2.45, 2.75) is 80.7 Å². The monoisotopic (exact) mass is 602 g/mol. The Morgan fingerprint density at radius 1 is 1.05 bits per heavy atom. The van der Waals surface area contributed by atoms with Crippen molar-refractivity contribution in [2.75, 3.05) is 34.0 Å². The number of hydrogen-bond donors (Lipinski definition) is 7. The summed E-state index contributed by atoms with van der Waals surface area (Å²) < 4.78 is 38.5. The minimum atomic E-state index is -1.93. The zero-order chi connectivity index (χ0) is 31.0. The molecule has 1 aromatic heterocycles. The lowest BCUT2D eigenvalue weighted by molar-refractivity contribution is -0.336. The Morgan fingerprint density at radius 2 is 1.74 bits per heavy atom. The highest BCUT2D eigenvalue weighted by Gasteiger charge is 2.51. The van der Waals surface area contributed by atoms with Gasteiger partial charge >= 0.3 is 5.63 Å². The first kappa shape index (κ1) is 32.5. The fourth-order valence-electron chi connectivity index (χ4n) is 4.87. The number of aliphatic hydroxyl groups excluding tert-OH is 6. The zero-order valence-corrected chi connectivity index (χ0v) is 23.6. The van der Waals surface area contributed by atoms with E-state index in [1.165, 1.54) is 40.2 Å². The molecule has 4 rings (SSSR count). The zero-order valence-electron chi connectivity index (χ0n) is 23.6. The van der Waals surface area contributed by atoms with Gasteiger partial charge in [0.2, 0.25) is 0 Å². The molecule has 15 heteroatoms. The molecule has 7 N–H and O–H groups in total. The average molecular weight is 603 g/mol. The highest BCUT2D eigenvalue weighted by molar-refractivity contribution is 5.88. The molecule has 236 valence electrons. The van der Waals surface area contributed by atoms with Crippen LogP contribution in [0.2, 0.25) is 0 Å². The normalized spacial score (nSPS) is 32.7. The Labute approximate surface area is 240 Å². The topological polar surface area (TPSA) is 227 Å². The molecule has 0 bridgehead atoms. The van der Waals surface area contributed by atoms with Crippen molar-refractivity contribution in [3.63, 3.8) is 0 Å². The van der Waals surface area contributed by atoms with Crippen LogP contribution in [0.5, 0.6) is 11.5 Å². The molecule has 15 nitrogen and oxygen atoms in total. The molecule has 1 aromatic carbocycles. The molecule has 2 saturated heterocycles. The van der Waals surface area contributed by atoms with Gasteiger partial charge in [0, 0.05) is 24.1 Å². The van der Waals surface area contributed by atoms with Crippen LogP contribution in [0.1, 0.15) is 19.4 Å². The molecular weight excluding hydrogens is 564 g/mol. The third-order valence-electron chi connectivity index (χ3n) is 7.67. The van der Waals surface area contributed by atoms with Crippen molar-refractivity contribution in [3.05, 3.63) is 34.2 Å². The second-order valence-corrected chi connectivity index (χ2v) is 10.9. The molecule has 0 radical (unpaired) electrons. The van der Waals surface area contributed by atoms with E-state index in [0.717, 1.165) is 0 Å². The number of ether oxygens (including phenoxy) is 6. The molecule has 2 aromatic rings. The number of benzene rings is 1. The SMILES string of the molecule is COc1cc(OC)c2ccc(=O)oc2c1C[C@H](O)C(C)(C)O[C@@H]1O[C@H](CO[C@@H]2OC[C@](O)(CO)[C@H]2O)[C@@H](O)[C@H](O)[C@H]1O. The second-order valence-electron chi connectivity index (χ2n) is 10.9. The molecule has 3 heterocycles. The summed E-state index contributed by atoms with van der Waals surface area (Å²) in [5.41, 5.74) is -3.53. The first-order valence-electron chi connectivity index (χ1n) is 13.2. The maximum Gasteiger partial charge on any atom is 0.336 e. The van der Waals surface area contributed by atoms with E-state index in [2.05, 4.69) is 0 Å². The van der Waals surface area contributed by atoms with E-state index >= 15 is 0 Å². The predicted octanol–water partition coefficient (Wildman–Crippen LogP) is -2.23. The van der Waals surface area contributed by atoms with Gasteiger partial charge in [-0.25, -0.2) is 4.79 Å². The molecule has 9 atom stereocenters. The highest BCUT2D eigenvalue weighted by atomic mass is 16.7. The van der Waals surface area contributed by atoms with Gasteiger partial charge in [0.1, 0.15) is 53.2 Å². The van der Waals surface area contributed by atoms with E-state index in [4.69, 9.17) is 32.8 Å². The molecule has 0 aliphatic carbocycles. The molecule has 2 aliphatic heterocycles. The fraction of sp³-hybridized carbons (Fsp3) is 0.667. The van der Waals surface area contributed by atoms with Crippen LogP contribution >= 0.6 is 0 Å². The molecule has 2 aliphatic rings. The largest absolute Gasteiger partial charge is 0.496 e. The third-order valence-corrected chi connectivity index (χ3v) is 7.67. The van der Waals surface area contributed by atoms with Gasteiger partial charge in [-0.2, -0.15) is 0 Å². The van der Waals surface area contributed by atoms with Gasteiger partial charge in [0.25, 0.3) is 0 Å². The summed E-state index contributed by atoms with van der Waals surface area (Å²) >= 11 is 0. The smallest absolute Gasteiger partial charge is 0.336 e. The first-order valence-corrected chi connectivity index (χ1v) is 13.2. The summed E-state index contributed by atoms with van der Waals surface area (Å²) in [4.78, 5) is 12.0. The van der Waals surface area contributed by atoms with Crippen LogP contribution in [0.3, 0.4) is 0 Å². The summed E-state index contributed by atoms with van der Waals surface area (Å²) in [6.07, 6.45) is -12.4. The molecule has 2 fully saturated rings. The van der Waals surface area contributed by atoms with E-state index in [9.17, 15) is 40.5 Å². The second kappa shape index (κ2) is 12.7. The molecule has 0 saturated carbocycles. The van der Waals surface area contributed by atoms with Crippen molar-refractivity contribution in [1.29, 1.82) is 0 Å². The van der Waals surface area contributed by atoms with Gasteiger partial charge in [0.05, 0.1) is 51.1 Å². The summed E-state index contributed by atoms with van der Waals surface area (Å²) in [7, 11) is 2.85. The van der Waals surface area contributed by atoms with E-state index in [-0.39, 0.29) is 17.8 Å². The summed E-state index contributed by atoms with van der Waals surface area (Å²) in [6, 6.07) is 4.34. The minimum absolute atomic E-state index is 0.141. The van der Waals surface area contributed by atoms with Crippen LogP contribution in [0.15, 0.2) is 27.4 Å². The average Bonchev–Trinajstić information content (AvgIpc) is 3.25. The number of methoxy groups -OCH3 is 2. The van der Waals surface area contributed by atoms with Crippen molar-refractivity contribution in [2.24, 2.45) is 0 Å². The van der Waals surface area contributed by atoms with E-state index in [0.29, 0.717) is 16.7 Å². The summed E-state index contributed by atoms with van der Waals surface area (Å²) in [5.74, 6) is 0.660. The van der Waals surface area contributed by atoms with Gasteiger partial charge < -0.3 is 68.6 Å². The quantitative estimate of drug-likeness (QED) is 0.135. The van der Waals surface area contributed by atoms with E-state index in [1.807, 2.05) is 0 Å². The Kier molecular flexibility index (Phi) is 9.81. The summed E-state index contributed by atoms with van der Waals surface area (Å²) in [6.45, 7) is 1.36. The fourth-order valence-corrected chi connectivity index (χ4v) is 4.87. The molecule has 42 heavy (non-hydrogen) atoms. The van der Waals surface area contributed by atoms with Gasteiger partial charge in [-0.05, 0) is 19.9 Å². The molecule has 0 amide bonds. The van der Waals surface area contributed by atoms with Crippen LogP contribution in [-0.4, -0.2) is 130 Å². The molecule has 0 unspecified atom stereocenters. The number of rotatable bonds is 11. The van der Waals surface area contributed by atoms with Gasteiger partial charge in [0.15, 0.2) is 12.6 Å². The maximum atomic E-state index is 12.0. The van der Waals surface area contributed by atoms with Gasteiger partial charge in [-0.15, -0.1) is 0 Å². The van der Waals surface area contributed by atoms with Gasteiger partial charge in [-0.3, -0.25) is 0 Å². The minimum Gasteiger partial charge on any atom is -0.496 e. The van der Waals surface area contributed by atoms with Crippen LogP contribution in [0.4, 0.5) is 0 Å². The van der Waals surface area contributed by atoms with Crippen LogP contribution in [0, 0.1) is 0 Å². The lowest BCUT2D eigenvalue weighted by Gasteiger charge is -2.44. The van der Waals surface area contributed by atoms with Crippen molar-refractivity contribution in [3.8, 4) is 11.5 Å². The highest BCUT2D eigenvalue weighted by Crippen LogP contribution is 2.38. The van der Waals surface area contributed by atoms with Gasteiger partial charge in [-0.1, -0.05) is 0 Å². The Balaban J connectivity index is 1.50. The lowest BCUT2D eigenvalue weighted by Crippen LogP contribution is -2.61. The van der Waals surface area contributed by atoms with Crippen molar-refractivity contribution in [1.82, 2.24) is 0 Å². The number of aliphatic hydroxyl groups is 7.